The van der Waals surface area contributed by atoms with Crippen LogP contribution in [0.2, 0.25) is 0 Å². The molecule has 1 saturated heterocycles. The Labute approximate surface area is 122 Å². The number of likely N-dealkylation sites (tertiary alicyclic amines) is 1. The number of rotatable bonds is 3. The van der Waals surface area contributed by atoms with E-state index in [0.717, 1.165) is 25.9 Å². The van der Waals surface area contributed by atoms with E-state index in [1.165, 1.54) is 37.1 Å². The lowest BCUT2D eigenvalue weighted by molar-refractivity contribution is -0.128. The zero-order chi connectivity index (χ0) is 14.4. The largest absolute Gasteiger partial charge is 0.383 e. The van der Waals surface area contributed by atoms with Crippen LogP contribution in [0.1, 0.15) is 32.1 Å². The summed E-state index contributed by atoms with van der Waals surface area (Å²) in [6.45, 7) is 1.67. The molecule has 2 rings (SSSR count). The van der Waals surface area contributed by atoms with Crippen molar-refractivity contribution >= 4 is 23.5 Å². The van der Waals surface area contributed by atoms with Crippen molar-refractivity contribution in [3.63, 3.8) is 0 Å². The van der Waals surface area contributed by atoms with Crippen LogP contribution in [0, 0.1) is 0 Å². The van der Waals surface area contributed by atoms with Gasteiger partial charge in [-0.2, -0.15) is 0 Å². The molecule has 0 unspecified atom stereocenters. The maximum Gasteiger partial charge on any atom is 0.253 e. The number of aromatic amines is 1. The highest BCUT2D eigenvalue weighted by molar-refractivity contribution is 7.99. The summed E-state index contributed by atoms with van der Waals surface area (Å²) in [5.74, 6) is 0.559. The van der Waals surface area contributed by atoms with Crippen LogP contribution < -0.4 is 11.3 Å². The first-order valence-electron chi connectivity index (χ1n) is 6.92. The quantitative estimate of drug-likeness (QED) is 0.646. The smallest absolute Gasteiger partial charge is 0.253 e. The van der Waals surface area contributed by atoms with Gasteiger partial charge in [-0.25, -0.2) is 4.98 Å². The van der Waals surface area contributed by atoms with Crippen LogP contribution in [-0.4, -0.2) is 39.6 Å². The van der Waals surface area contributed by atoms with Crippen LogP contribution in [0.25, 0.3) is 0 Å². The van der Waals surface area contributed by atoms with Crippen molar-refractivity contribution in [3.05, 3.63) is 16.4 Å². The predicted octanol–water partition coefficient (Wildman–Crippen LogP) is 1.24. The van der Waals surface area contributed by atoms with Crippen LogP contribution >= 0.6 is 11.8 Å². The Balaban J connectivity index is 1.88. The summed E-state index contributed by atoms with van der Waals surface area (Å²) >= 11 is 1.22. The summed E-state index contributed by atoms with van der Waals surface area (Å²) in [7, 11) is 0. The van der Waals surface area contributed by atoms with E-state index >= 15 is 0 Å². The number of nitrogens with two attached hydrogens (primary N) is 1. The maximum absolute atomic E-state index is 12.2. The van der Waals surface area contributed by atoms with Crippen LogP contribution in [0.5, 0.6) is 0 Å². The minimum atomic E-state index is -0.293. The number of carbonyl (C=O) groups is 1. The Kier molecular flexibility index (Phi) is 5.46. The van der Waals surface area contributed by atoms with Gasteiger partial charge in [-0.05, 0) is 12.8 Å². The summed E-state index contributed by atoms with van der Waals surface area (Å²) < 4.78 is 0. The molecular formula is C13H20N4O2S. The minimum Gasteiger partial charge on any atom is -0.383 e. The van der Waals surface area contributed by atoms with E-state index < -0.39 is 0 Å². The zero-order valence-electron chi connectivity index (χ0n) is 11.4. The van der Waals surface area contributed by atoms with Gasteiger partial charge in [0.25, 0.3) is 5.56 Å². The Morgan fingerprint density at radius 1 is 1.30 bits per heavy atom. The van der Waals surface area contributed by atoms with Gasteiger partial charge in [0, 0.05) is 19.2 Å². The third kappa shape index (κ3) is 4.56. The van der Waals surface area contributed by atoms with Crippen LogP contribution in [0.4, 0.5) is 5.82 Å². The first-order chi connectivity index (χ1) is 9.65. The average Bonchev–Trinajstić information content (AvgIpc) is 2.34. The third-order valence-electron chi connectivity index (χ3n) is 3.28. The molecule has 1 aliphatic rings. The van der Waals surface area contributed by atoms with Gasteiger partial charge in [0.1, 0.15) is 5.82 Å². The van der Waals surface area contributed by atoms with Gasteiger partial charge in [-0.1, -0.05) is 31.0 Å². The summed E-state index contributed by atoms with van der Waals surface area (Å²) in [4.78, 5) is 31.9. The van der Waals surface area contributed by atoms with Crippen LogP contribution in [-0.2, 0) is 4.79 Å². The van der Waals surface area contributed by atoms with Crippen molar-refractivity contribution in [2.24, 2.45) is 0 Å². The zero-order valence-corrected chi connectivity index (χ0v) is 12.2. The normalized spacial score (nSPS) is 16.5. The molecule has 0 bridgehead atoms. The molecule has 110 valence electrons. The second-order valence-corrected chi connectivity index (χ2v) is 5.88. The number of anilines is 1. The number of H-pyrrole nitrogens is 1. The molecule has 1 aromatic rings. The molecule has 0 spiro atoms. The molecule has 0 aromatic carbocycles. The lowest BCUT2D eigenvalue weighted by Crippen LogP contribution is -2.35. The SMILES string of the molecule is Nc1cc(=O)[nH]c(SCC(=O)N2CCCCCCC2)n1. The van der Waals surface area contributed by atoms with Crippen LogP contribution in [0.15, 0.2) is 16.0 Å². The van der Waals surface area contributed by atoms with Crippen molar-refractivity contribution in [2.75, 3.05) is 24.6 Å². The minimum absolute atomic E-state index is 0.0990. The molecule has 2 heterocycles. The first-order valence-corrected chi connectivity index (χ1v) is 7.91. The number of thioether (sulfide) groups is 1. The number of nitrogens with zero attached hydrogens (tertiary/aromatic N) is 2. The molecule has 20 heavy (non-hydrogen) atoms. The summed E-state index contributed by atoms with van der Waals surface area (Å²) in [6.07, 6.45) is 5.81. The number of hydrogen-bond donors (Lipinski definition) is 2. The number of amides is 1. The molecule has 6 nitrogen and oxygen atoms in total. The van der Waals surface area contributed by atoms with E-state index in [2.05, 4.69) is 9.97 Å². The van der Waals surface area contributed by atoms with Crippen molar-refractivity contribution in [1.29, 1.82) is 0 Å². The fourth-order valence-electron chi connectivity index (χ4n) is 2.24. The highest BCUT2D eigenvalue weighted by Crippen LogP contribution is 2.15. The van der Waals surface area contributed by atoms with E-state index in [1.807, 2.05) is 4.90 Å². The number of hydrogen-bond acceptors (Lipinski definition) is 5. The number of nitrogens with one attached hydrogen (secondary N) is 1. The van der Waals surface area contributed by atoms with Crippen molar-refractivity contribution in [2.45, 2.75) is 37.3 Å². The van der Waals surface area contributed by atoms with E-state index in [4.69, 9.17) is 5.73 Å². The van der Waals surface area contributed by atoms with Gasteiger partial charge < -0.3 is 15.6 Å². The lowest BCUT2D eigenvalue weighted by atomic mass is 10.1. The summed E-state index contributed by atoms with van der Waals surface area (Å²) in [6, 6.07) is 1.23. The predicted molar refractivity (Wildman–Crippen MR) is 79.7 cm³/mol. The molecule has 1 amide bonds. The maximum atomic E-state index is 12.2. The Morgan fingerprint density at radius 2 is 1.95 bits per heavy atom. The molecular weight excluding hydrogens is 276 g/mol. The third-order valence-corrected chi connectivity index (χ3v) is 4.14. The number of aromatic nitrogens is 2. The van der Waals surface area contributed by atoms with E-state index in [9.17, 15) is 9.59 Å². The Morgan fingerprint density at radius 3 is 2.60 bits per heavy atom. The van der Waals surface area contributed by atoms with Crippen molar-refractivity contribution < 1.29 is 4.79 Å². The topological polar surface area (TPSA) is 92.1 Å². The second kappa shape index (κ2) is 7.33. The molecule has 3 N–H and O–H groups in total. The number of nitrogen functional groups attached to an aromatic ring is 1. The summed E-state index contributed by atoms with van der Waals surface area (Å²) in [5, 5.41) is 0.399. The standard InChI is InChI=1S/C13H20N4O2S/c14-10-8-11(18)16-13(15-10)20-9-12(19)17-6-4-2-1-3-5-7-17/h8H,1-7,9H2,(H3,14,15,16,18). The first kappa shape index (κ1) is 14.9. The van der Waals surface area contributed by atoms with E-state index in [0.29, 0.717) is 5.16 Å². The molecule has 0 radical (unpaired) electrons. The molecule has 0 saturated carbocycles. The van der Waals surface area contributed by atoms with Gasteiger partial charge in [-0.3, -0.25) is 9.59 Å². The monoisotopic (exact) mass is 296 g/mol. The highest BCUT2D eigenvalue weighted by Gasteiger charge is 2.15. The Bertz CT molecular complexity index is 509. The van der Waals surface area contributed by atoms with Gasteiger partial charge >= 0.3 is 0 Å². The summed E-state index contributed by atoms with van der Waals surface area (Å²) in [5.41, 5.74) is 5.21. The molecule has 1 fully saturated rings. The van der Waals surface area contributed by atoms with Crippen molar-refractivity contribution in [1.82, 2.24) is 14.9 Å². The second-order valence-electron chi connectivity index (χ2n) is 4.91. The molecule has 1 aliphatic heterocycles. The molecule has 7 heteroatoms. The molecule has 0 atom stereocenters. The fraction of sp³-hybridized carbons (Fsp3) is 0.615. The number of carbonyl (C=O) groups excluding carboxylic acids is 1. The van der Waals surface area contributed by atoms with Gasteiger partial charge in [-0.15, -0.1) is 0 Å². The molecule has 0 aliphatic carbocycles. The van der Waals surface area contributed by atoms with Gasteiger partial charge in [0.2, 0.25) is 5.91 Å². The average molecular weight is 296 g/mol. The Hall–Kier alpha value is -1.50. The van der Waals surface area contributed by atoms with Gasteiger partial charge in [0.15, 0.2) is 5.16 Å². The van der Waals surface area contributed by atoms with Gasteiger partial charge in [0.05, 0.1) is 5.75 Å². The van der Waals surface area contributed by atoms with E-state index in [-0.39, 0.29) is 23.0 Å². The van der Waals surface area contributed by atoms with E-state index in [1.54, 1.807) is 0 Å². The lowest BCUT2D eigenvalue weighted by Gasteiger charge is -2.24. The van der Waals surface area contributed by atoms with Crippen LogP contribution in [0.3, 0.4) is 0 Å². The highest BCUT2D eigenvalue weighted by atomic mass is 32.2. The van der Waals surface area contributed by atoms with Crippen molar-refractivity contribution in [3.8, 4) is 0 Å². The fourth-order valence-corrected chi connectivity index (χ4v) is 3.03. The molecule has 1 aromatic heterocycles.